The molecule has 0 amide bonds. The van der Waals surface area contributed by atoms with Crippen LogP contribution in [-0.2, 0) is 4.74 Å². The molecule has 5 nitrogen and oxygen atoms in total. The van der Waals surface area contributed by atoms with Crippen molar-refractivity contribution in [3.63, 3.8) is 0 Å². The molecule has 98 valence electrons. The van der Waals surface area contributed by atoms with Crippen molar-refractivity contribution in [2.24, 2.45) is 0 Å². The standard InChI is InChI=1S/C12H17ClN4O/c1-8-10(13)14-12(9-2-3-9)15-11(8)16-17-4-6-18-7-5-17/h9H,2-7H2,1H3,(H,14,15,16). The molecule has 2 aliphatic rings. The van der Waals surface area contributed by atoms with Gasteiger partial charge in [0.2, 0.25) is 0 Å². The second-order valence-electron chi connectivity index (χ2n) is 4.83. The fourth-order valence-electron chi connectivity index (χ4n) is 1.96. The second kappa shape index (κ2) is 4.99. The Morgan fingerprint density at radius 2 is 2.00 bits per heavy atom. The van der Waals surface area contributed by atoms with E-state index in [1.165, 1.54) is 12.8 Å². The first-order chi connectivity index (χ1) is 8.74. The monoisotopic (exact) mass is 268 g/mol. The molecule has 0 spiro atoms. The number of aromatic nitrogens is 2. The topological polar surface area (TPSA) is 50.3 Å². The van der Waals surface area contributed by atoms with Crippen LogP contribution in [0.25, 0.3) is 0 Å². The molecular formula is C12H17ClN4O. The minimum absolute atomic E-state index is 0.508. The Morgan fingerprint density at radius 3 is 2.67 bits per heavy atom. The molecular weight excluding hydrogens is 252 g/mol. The summed E-state index contributed by atoms with van der Waals surface area (Å²) in [5.74, 6) is 2.22. The Morgan fingerprint density at radius 1 is 1.28 bits per heavy atom. The number of hydrazine groups is 1. The fraction of sp³-hybridized carbons (Fsp3) is 0.667. The van der Waals surface area contributed by atoms with Gasteiger partial charge in [-0.05, 0) is 19.8 Å². The van der Waals surface area contributed by atoms with Gasteiger partial charge in [-0.1, -0.05) is 11.6 Å². The van der Waals surface area contributed by atoms with Crippen molar-refractivity contribution >= 4 is 17.4 Å². The number of nitrogens with zero attached hydrogens (tertiary/aromatic N) is 3. The van der Waals surface area contributed by atoms with Gasteiger partial charge in [0.15, 0.2) is 0 Å². The lowest BCUT2D eigenvalue weighted by molar-refractivity contribution is 0.0494. The Balaban J connectivity index is 1.80. The maximum absolute atomic E-state index is 6.17. The first-order valence-corrected chi connectivity index (χ1v) is 6.75. The van der Waals surface area contributed by atoms with Crippen molar-refractivity contribution in [3.8, 4) is 0 Å². The van der Waals surface area contributed by atoms with E-state index in [-0.39, 0.29) is 0 Å². The second-order valence-corrected chi connectivity index (χ2v) is 5.19. The largest absolute Gasteiger partial charge is 0.379 e. The van der Waals surface area contributed by atoms with E-state index in [0.717, 1.165) is 43.5 Å². The van der Waals surface area contributed by atoms with Crippen molar-refractivity contribution in [1.82, 2.24) is 15.0 Å². The lowest BCUT2D eigenvalue weighted by Crippen LogP contribution is -2.40. The molecule has 1 saturated carbocycles. The Labute approximate surface area is 111 Å². The maximum atomic E-state index is 6.17. The van der Waals surface area contributed by atoms with Gasteiger partial charge < -0.3 is 10.2 Å². The first-order valence-electron chi connectivity index (χ1n) is 6.37. The molecule has 6 heteroatoms. The van der Waals surface area contributed by atoms with E-state index in [9.17, 15) is 0 Å². The zero-order chi connectivity index (χ0) is 12.5. The molecule has 0 unspecified atom stereocenters. The number of halogens is 1. The Kier molecular flexibility index (Phi) is 3.37. The molecule has 1 N–H and O–H groups in total. The van der Waals surface area contributed by atoms with Crippen LogP contribution < -0.4 is 5.43 Å². The van der Waals surface area contributed by atoms with Gasteiger partial charge >= 0.3 is 0 Å². The van der Waals surface area contributed by atoms with E-state index in [4.69, 9.17) is 16.3 Å². The normalized spacial score (nSPS) is 21.0. The molecule has 2 fully saturated rings. The highest BCUT2D eigenvalue weighted by Gasteiger charge is 2.28. The summed E-state index contributed by atoms with van der Waals surface area (Å²) in [6, 6.07) is 0. The number of anilines is 1. The van der Waals surface area contributed by atoms with E-state index in [2.05, 4.69) is 20.4 Å². The summed E-state index contributed by atoms with van der Waals surface area (Å²) in [4.78, 5) is 8.96. The van der Waals surface area contributed by atoms with E-state index < -0.39 is 0 Å². The average molecular weight is 269 g/mol. The number of ether oxygens (including phenoxy) is 1. The van der Waals surface area contributed by atoms with Gasteiger partial charge in [0.1, 0.15) is 16.8 Å². The lowest BCUT2D eigenvalue weighted by Gasteiger charge is -2.28. The van der Waals surface area contributed by atoms with E-state index in [0.29, 0.717) is 11.1 Å². The molecule has 0 aromatic carbocycles. The fourth-order valence-corrected chi connectivity index (χ4v) is 2.14. The van der Waals surface area contributed by atoms with Crippen molar-refractivity contribution in [1.29, 1.82) is 0 Å². The third-order valence-corrected chi connectivity index (χ3v) is 3.69. The summed E-state index contributed by atoms with van der Waals surface area (Å²) < 4.78 is 5.32. The van der Waals surface area contributed by atoms with E-state index in [1.54, 1.807) is 0 Å². The molecule has 3 rings (SSSR count). The molecule has 0 atom stereocenters. The highest BCUT2D eigenvalue weighted by molar-refractivity contribution is 6.30. The zero-order valence-corrected chi connectivity index (χ0v) is 11.2. The van der Waals surface area contributed by atoms with Crippen LogP contribution in [0.5, 0.6) is 0 Å². The summed E-state index contributed by atoms with van der Waals surface area (Å²) in [7, 11) is 0. The first kappa shape index (κ1) is 12.1. The van der Waals surface area contributed by atoms with Gasteiger partial charge in [-0.3, -0.25) is 0 Å². The number of nitrogens with one attached hydrogen (secondary N) is 1. The maximum Gasteiger partial charge on any atom is 0.148 e. The number of hydrogen-bond donors (Lipinski definition) is 1. The Hall–Kier alpha value is -0.910. The summed E-state index contributed by atoms with van der Waals surface area (Å²) >= 11 is 6.17. The molecule has 1 saturated heterocycles. The number of morpholine rings is 1. The van der Waals surface area contributed by atoms with Crippen LogP contribution in [0.2, 0.25) is 5.15 Å². The van der Waals surface area contributed by atoms with Gasteiger partial charge in [0, 0.05) is 24.6 Å². The predicted octanol–water partition coefficient (Wildman–Crippen LogP) is 1.97. The van der Waals surface area contributed by atoms with Gasteiger partial charge in [0.25, 0.3) is 0 Å². The molecule has 1 aliphatic carbocycles. The molecule has 1 aliphatic heterocycles. The van der Waals surface area contributed by atoms with Gasteiger partial charge in [0.05, 0.1) is 13.2 Å². The SMILES string of the molecule is Cc1c(Cl)nc(C2CC2)nc1NN1CCOCC1. The molecule has 1 aromatic rings. The smallest absolute Gasteiger partial charge is 0.148 e. The molecule has 2 heterocycles. The minimum atomic E-state index is 0.508. The summed E-state index contributed by atoms with van der Waals surface area (Å²) in [6.07, 6.45) is 2.35. The highest BCUT2D eigenvalue weighted by atomic mass is 35.5. The molecule has 0 bridgehead atoms. The molecule has 18 heavy (non-hydrogen) atoms. The van der Waals surface area contributed by atoms with Gasteiger partial charge in [-0.25, -0.2) is 15.0 Å². The third-order valence-electron chi connectivity index (χ3n) is 3.32. The van der Waals surface area contributed by atoms with E-state index in [1.807, 2.05) is 6.92 Å². The van der Waals surface area contributed by atoms with Crippen LogP contribution in [0.3, 0.4) is 0 Å². The van der Waals surface area contributed by atoms with Gasteiger partial charge in [-0.2, -0.15) is 0 Å². The minimum Gasteiger partial charge on any atom is -0.379 e. The van der Waals surface area contributed by atoms with Crippen LogP contribution in [0.15, 0.2) is 0 Å². The van der Waals surface area contributed by atoms with Crippen molar-refractivity contribution in [3.05, 3.63) is 16.5 Å². The van der Waals surface area contributed by atoms with Crippen LogP contribution in [0, 0.1) is 6.92 Å². The van der Waals surface area contributed by atoms with Crippen LogP contribution in [0.4, 0.5) is 5.82 Å². The van der Waals surface area contributed by atoms with Crippen LogP contribution >= 0.6 is 11.6 Å². The van der Waals surface area contributed by atoms with Crippen molar-refractivity contribution < 1.29 is 4.74 Å². The van der Waals surface area contributed by atoms with Gasteiger partial charge in [-0.15, -0.1) is 0 Å². The number of rotatable bonds is 3. The summed E-state index contributed by atoms with van der Waals surface area (Å²) in [5.41, 5.74) is 4.24. The molecule has 0 radical (unpaired) electrons. The summed E-state index contributed by atoms with van der Waals surface area (Å²) in [6.45, 7) is 5.17. The lowest BCUT2D eigenvalue weighted by atomic mass is 10.3. The Bertz CT molecular complexity index is 444. The highest BCUT2D eigenvalue weighted by Crippen LogP contribution is 2.39. The van der Waals surface area contributed by atoms with E-state index >= 15 is 0 Å². The predicted molar refractivity (Wildman–Crippen MR) is 69.8 cm³/mol. The molecule has 1 aromatic heterocycles. The average Bonchev–Trinajstić information content (AvgIpc) is 3.20. The zero-order valence-electron chi connectivity index (χ0n) is 10.4. The third kappa shape index (κ3) is 2.58. The number of hydrogen-bond acceptors (Lipinski definition) is 5. The summed E-state index contributed by atoms with van der Waals surface area (Å²) in [5, 5.41) is 2.67. The van der Waals surface area contributed by atoms with Crippen LogP contribution in [-0.4, -0.2) is 41.3 Å². The van der Waals surface area contributed by atoms with Crippen molar-refractivity contribution in [2.45, 2.75) is 25.7 Å². The quantitative estimate of drug-likeness (QED) is 0.850. The van der Waals surface area contributed by atoms with Crippen molar-refractivity contribution in [2.75, 3.05) is 31.7 Å². The van der Waals surface area contributed by atoms with Crippen LogP contribution in [0.1, 0.15) is 30.1 Å².